The summed E-state index contributed by atoms with van der Waals surface area (Å²) in [7, 11) is 4.62. The number of benzene rings is 2. The molecule has 144 valence electrons. The predicted octanol–water partition coefficient (Wildman–Crippen LogP) is 2.97. The average Bonchev–Trinajstić information content (AvgIpc) is 2.68. The molecule has 2 N–H and O–H groups in total. The Balaban J connectivity index is 2.04. The highest BCUT2D eigenvalue weighted by Gasteiger charge is 2.14. The largest absolute Gasteiger partial charge is 0.493 e. The van der Waals surface area contributed by atoms with Crippen molar-refractivity contribution in [3.63, 3.8) is 0 Å². The monoisotopic (exact) mass is 371 g/mol. The van der Waals surface area contributed by atoms with Crippen LogP contribution in [0.3, 0.4) is 0 Å². The van der Waals surface area contributed by atoms with Crippen LogP contribution in [-0.2, 0) is 4.79 Å². The number of para-hydroxylation sites is 1. The van der Waals surface area contributed by atoms with E-state index in [0.29, 0.717) is 22.8 Å². The van der Waals surface area contributed by atoms with E-state index in [0.717, 1.165) is 11.3 Å². The number of hydrogen-bond donors (Lipinski definition) is 2. The van der Waals surface area contributed by atoms with Crippen LogP contribution in [0.5, 0.6) is 17.2 Å². The first kappa shape index (κ1) is 20.1. The van der Waals surface area contributed by atoms with Crippen molar-refractivity contribution in [3.8, 4) is 17.2 Å². The van der Waals surface area contributed by atoms with Crippen LogP contribution in [0.25, 0.3) is 0 Å². The molecule has 0 bridgehead atoms. The number of carbonyl (C=O) groups excluding carboxylic acids is 1. The molecule has 7 nitrogen and oxygen atoms in total. The number of anilines is 1. The molecule has 0 aliphatic carbocycles. The van der Waals surface area contributed by atoms with Crippen LogP contribution in [0.4, 0.5) is 5.69 Å². The molecule has 0 spiro atoms. The second-order valence-electron chi connectivity index (χ2n) is 5.87. The Morgan fingerprint density at radius 1 is 1.07 bits per heavy atom. The molecule has 0 saturated heterocycles. The number of methoxy groups -OCH3 is 3. The van der Waals surface area contributed by atoms with Gasteiger partial charge < -0.3 is 19.5 Å². The lowest BCUT2D eigenvalue weighted by atomic mass is 10.2. The van der Waals surface area contributed by atoms with Crippen LogP contribution in [0, 0.1) is 6.92 Å². The molecule has 2 aromatic carbocycles. The number of nitrogens with zero attached hydrogens (tertiary/aromatic N) is 1. The van der Waals surface area contributed by atoms with E-state index < -0.39 is 6.04 Å². The summed E-state index contributed by atoms with van der Waals surface area (Å²) in [5.74, 6) is 1.28. The Labute approximate surface area is 159 Å². The Morgan fingerprint density at radius 2 is 1.70 bits per heavy atom. The molecule has 0 aromatic heterocycles. The molecule has 2 rings (SSSR count). The second-order valence-corrected chi connectivity index (χ2v) is 5.87. The van der Waals surface area contributed by atoms with Gasteiger partial charge in [0, 0.05) is 11.3 Å². The molecule has 27 heavy (non-hydrogen) atoms. The van der Waals surface area contributed by atoms with Gasteiger partial charge in [-0.1, -0.05) is 18.2 Å². The lowest BCUT2D eigenvalue weighted by Gasteiger charge is -2.15. The van der Waals surface area contributed by atoms with Gasteiger partial charge in [0.05, 0.1) is 27.5 Å². The van der Waals surface area contributed by atoms with E-state index in [2.05, 4.69) is 15.8 Å². The number of aryl methyl sites for hydroxylation is 1. The fourth-order valence-electron chi connectivity index (χ4n) is 2.48. The summed E-state index contributed by atoms with van der Waals surface area (Å²) in [6.07, 6.45) is 1.52. The summed E-state index contributed by atoms with van der Waals surface area (Å²) in [6.45, 7) is 3.76. The molecule has 0 radical (unpaired) electrons. The van der Waals surface area contributed by atoms with Crippen LogP contribution in [-0.4, -0.2) is 39.5 Å². The lowest BCUT2D eigenvalue weighted by molar-refractivity contribution is -0.121. The fourth-order valence-corrected chi connectivity index (χ4v) is 2.48. The van der Waals surface area contributed by atoms with E-state index in [1.165, 1.54) is 13.3 Å². The van der Waals surface area contributed by atoms with Gasteiger partial charge in [0.2, 0.25) is 5.75 Å². The Kier molecular flexibility index (Phi) is 7.05. The van der Waals surface area contributed by atoms with Gasteiger partial charge >= 0.3 is 0 Å². The fraction of sp³-hybridized carbons (Fsp3) is 0.300. The van der Waals surface area contributed by atoms with Gasteiger partial charge in [0.15, 0.2) is 11.5 Å². The van der Waals surface area contributed by atoms with Gasteiger partial charge in [-0.25, -0.2) is 5.43 Å². The summed E-state index contributed by atoms with van der Waals surface area (Å²) in [6, 6.07) is 10.8. The Morgan fingerprint density at radius 3 is 2.26 bits per heavy atom. The minimum absolute atomic E-state index is 0.248. The molecule has 0 unspecified atom stereocenters. The third-order valence-electron chi connectivity index (χ3n) is 3.99. The molecular formula is C20H25N3O4. The van der Waals surface area contributed by atoms with Gasteiger partial charge in [-0.15, -0.1) is 0 Å². The molecule has 0 aliphatic heterocycles. The van der Waals surface area contributed by atoms with E-state index in [9.17, 15) is 4.79 Å². The van der Waals surface area contributed by atoms with Gasteiger partial charge in [-0.3, -0.25) is 4.79 Å². The number of rotatable bonds is 8. The first-order chi connectivity index (χ1) is 13.0. The van der Waals surface area contributed by atoms with Crippen LogP contribution >= 0.6 is 0 Å². The van der Waals surface area contributed by atoms with Crippen molar-refractivity contribution in [1.82, 2.24) is 5.43 Å². The molecule has 0 fully saturated rings. The van der Waals surface area contributed by atoms with Crippen LogP contribution in [0.1, 0.15) is 18.1 Å². The number of carbonyl (C=O) groups is 1. The molecule has 0 saturated carbocycles. The third kappa shape index (κ3) is 5.13. The number of ether oxygens (including phenoxy) is 3. The summed E-state index contributed by atoms with van der Waals surface area (Å²) in [4.78, 5) is 12.2. The standard InChI is InChI=1S/C20H25N3O4/c1-13-8-6-7-9-16(13)22-14(2)20(24)23-21-12-15-10-17(25-3)19(27-5)18(11-15)26-4/h6-12,14,22H,1-5H3,(H,23,24)/b21-12-/t14-/m0/s1. The third-order valence-corrected chi connectivity index (χ3v) is 3.99. The molecule has 1 amide bonds. The van der Waals surface area contributed by atoms with Crippen molar-refractivity contribution in [2.75, 3.05) is 26.6 Å². The van der Waals surface area contributed by atoms with Crippen LogP contribution in [0.2, 0.25) is 0 Å². The topological polar surface area (TPSA) is 81.2 Å². The molecule has 2 aromatic rings. The maximum atomic E-state index is 12.2. The summed E-state index contributed by atoms with van der Waals surface area (Å²) < 4.78 is 15.9. The zero-order valence-electron chi connectivity index (χ0n) is 16.2. The molecule has 7 heteroatoms. The minimum Gasteiger partial charge on any atom is -0.493 e. The number of hydrazone groups is 1. The van der Waals surface area contributed by atoms with Gasteiger partial charge in [0.25, 0.3) is 5.91 Å². The first-order valence-electron chi connectivity index (χ1n) is 8.45. The van der Waals surface area contributed by atoms with E-state index in [1.54, 1.807) is 33.3 Å². The van der Waals surface area contributed by atoms with Crippen molar-refractivity contribution in [1.29, 1.82) is 0 Å². The number of amides is 1. The highest BCUT2D eigenvalue weighted by molar-refractivity contribution is 5.87. The van der Waals surface area contributed by atoms with Crippen molar-refractivity contribution in [2.45, 2.75) is 19.9 Å². The highest BCUT2D eigenvalue weighted by atomic mass is 16.5. The molecule has 0 aliphatic rings. The van der Waals surface area contributed by atoms with E-state index >= 15 is 0 Å². The summed E-state index contributed by atoms with van der Waals surface area (Å²) in [5.41, 5.74) is 5.21. The molecule has 0 heterocycles. The van der Waals surface area contributed by atoms with E-state index in [-0.39, 0.29) is 5.91 Å². The Bertz CT molecular complexity index is 796. The quantitative estimate of drug-likeness (QED) is 0.551. The Hall–Kier alpha value is -3.22. The predicted molar refractivity (Wildman–Crippen MR) is 106 cm³/mol. The number of hydrogen-bond acceptors (Lipinski definition) is 6. The highest BCUT2D eigenvalue weighted by Crippen LogP contribution is 2.37. The smallest absolute Gasteiger partial charge is 0.262 e. The first-order valence-corrected chi connectivity index (χ1v) is 8.45. The zero-order valence-corrected chi connectivity index (χ0v) is 16.2. The zero-order chi connectivity index (χ0) is 19.8. The SMILES string of the molecule is COc1cc(/C=N\NC(=O)[C@H](C)Nc2ccccc2C)cc(OC)c1OC. The normalized spacial score (nSPS) is 11.7. The van der Waals surface area contributed by atoms with E-state index in [4.69, 9.17) is 14.2 Å². The number of nitrogens with one attached hydrogen (secondary N) is 2. The van der Waals surface area contributed by atoms with E-state index in [1.807, 2.05) is 31.2 Å². The van der Waals surface area contributed by atoms with Gasteiger partial charge in [-0.2, -0.15) is 5.10 Å². The van der Waals surface area contributed by atoms with Crippen molar-refractivity contribution >= 4 is 17.8 Å². The van der Waals surface area contributed by atoms with Gasteiger partial charge in [-0.05, 0) is 37.6 Å². The second kappa shape index (κ2) is 9.47. The van der Waals surface area contributed by atoms with Crippen molar-refractivity contribution in [3.05, 3.63) is 47.5 Å². The lowest BCUT2D eigenvalue weighted by Crippen LogP contribution is -2.35. The van der Waals surface area contributed by atoms with Crippen molar-refractivity contribution in [2.24, 2.45) is 5.10 Å². The van der Waals surface area contributed by atoms with Crippen LogP contribution < -0.4 is 25.0 Å². The average molecular weight is 371 g/mol. The minimum atomic E-state index is -0.441. The van der Waals surface area contributed by atoms with Gasteiger partial charge in [0.1, 0.15) is 6.04 Å². The molecule has 1 atom stereocenters. The molecular weight excluding hydrogens is 346 g/mol. The maximum absolute atomic E-state index is 12.2. The summed E-state index contributed by atoms with van der Waals surface area (Å²) >= 11 is 0. The summed E-state index contributed by atoms with van der Waals surface area (Å²) in [5, 5.41) is 7.18. The van der Waals surface area contributed by atoms with Crippen molar-refractivity contribution < 1.29 is 19.0 Å². The van der Waals surface area contributed by atoms with Crippen LogP contribution in [0.15, 0.2) is 41.5 Å². The maximum Gasteiger partial charge on any atom is 0.262 e.